The molecule has 2 amide bonds. The maximum absolute atomic E-state index is 12.0. The van der Waals surface area contributed by atoms with E-state index in [-0.39, 0.29) is 12.1 Å². The summed E-state index contributed by atoms with van der Waals surface area (Å²) in [4.78, 5) is 17.3. The van der Waals surface area contributed by atoms with Gasteiger partial charge < -0.3 is 16.0 Å². The van der Waals surface area contributed by atoms with Crippen molar-refractivity contribution in [1.82, 2.24) is 15.1 Å². The zero-order chi connectivity index (χ0) is 17.4. The first-order valence-electron chi connectivity index (χ1n) is 8.46. The molecule has 6 nitrogen and oxygen atoms in total. The predicted octanol–water partition coefficient (Wildman–Crippen LogP) is 1.65. The average Bonchev–Trinajstić information content (AvgIpc) is 2.85. The Bertz CT molecular complexity index is 677. The highest BCUT2D eigenvalue weighted by Gasteiger charge is 2.40. The van der Waals surface area contributed by atoms with Gasteiger partial charge in [-0.1, -0.05) is 6.92 Å². The van der Waals surface area contributed by atoms with Crippen molar-refractivity contribution in [1.29, 1.82) is 5.26 Å². The summed E-state index contributed by atoms with van der Waals surface area (Å²) >= 11 is 1.58. The smallest absolute Gasteiger partial charge is 0.317 e. The van der Waals surface area contributed by atoms with E-state index >= 15 is 0 Å². The van der Waals surface area contributed by atoms with Gasteiger partial charge in [0.2, 0.25) is 0 Å². The number of urea groups is 1. The van der Waals surface area contributed by atoms with Crippen LogP contribution in [0.25, 0.3) is 0 Å². The molecular formula is C17H25N5OS. The van der Waals surface area contributed by atoms with Gasteiger partial charge in [-0.05, 0) is 37.3 Å². The Morgan fingerprint density at radius 2 is 2.25 bits per heavy atom. The Morgan fingerprint density at radius 1 is 1.50 bits per heavy atom. The van der Waals surface area contributed by atoms with Crippen molar-refractivity contribution >= 4 is 22.4 Å². The molecule has 1 aromatic heterocycles. The summed E-state index contributed by atoms with van der Waals surface area (Å²) in [6.07, 6.45) is 2.82. The number of likely N-dealkylation sites (N-methyl/N-ethyl adjacent to an activating group) is 1. The summed E-state index contributed by atoms with van der Waals surface area (Å²) in [6, 6.07) is 2.88. The number of amides is 2. The summed E-state index contributed by atoms with van der Waals surface area (Å²) in [7, 11) is 3.53. The SMILES string of the molecule is CCN1CC(NC(=O)N(C)C)CC2Cc3c(sc(N)c3C#N)CC21. The zero-order valence-electron chi connectivity index (χ0n) is 14.5. The largest absolute Gasteiger partial charge is 0.389 e. The van der Waals surface area contributed by atoms with E-state index in [1.54, 1.807) is 30.3 Å². The van der Waals surface area contributed by atoms with Crippen molar-refractivity contribution in [2.24, 2.45) is 5.92 Å². The third-order valence-electron chi connectivity index (χ3n) is 5.29. The number of piperidine rings is 1. The number of likely N-dealkylation sites (tertiary alicyclic amines) is 1. The minimum atomic E-state index is -0.0384. The van der Waals surface area contributed by atoms with Gasteiger partial charge in [-0.25, -0.2) is 4.79 Å². The highest BCUT2D eigenvalue weighted by Crippen LogP contribution is 2.42. The van der Waals surface area contributed by atoms with Crippen LogP contribution >= 0.6 is 11.3 Å². The van der Waals surface area contributed by atoms with Gasteiger partial charge in [0.05, 0.1) is 5.56 Å². The Morgan fingerprint density at radius 3 is 2.88 bits per heavy atom. The summed E-state index contributed by atoms with van der Waals surface area (Å²) in [5, 5.41) is 13.2. The van der Waals surface area contributed by atoms with Gasteiger partial charge in [0.15, 0.2) is 0 Å². The Labute approximate surface area is 147 Å². The van der Waals surface area contributed by atoms with Gasteiger partial charge in [-0.15, -0.1) is 11.3 Å². The number of thiophene rings is 1. The molecule has 1 aliphatic carbocycles. The van der Waals surface area contributed by atoms with Gasteiger partial charge in [-0.2, -0.15) is 5.26 Å². The topological polar surface area (TPSA) is 85.4 Å². The second-order valence-corrected chi connectivity index (χ2v) is 8.09. The Balaban J connectivity index is 1.82. The van der Waals surface area contributed by atoms with Gasteiger partial charge in [-0.3, -0.25) is 4.90 Å². The number of nitrogens with zero attached hydrogens (tertiary/aromatic N) is 3. The van der Waals surface area contributed by atoms with E-state index in [1.165, 1.54) is 4.88 Å². The van der Waals surface area contributed by atoms with Crippen LogP contribution in [0.1, 0.15) is 29.3 Å². The number of nitrogen functional groups attached to an aromatic ring is 1. The first-order chi connectivity index (χ1) is 11.4. The highest BCUT2D eigenvalue weighted by molar-refractivity contribution is 7.16. The van der Waals surface area contributed by atoms with Crippen LogP contribution in [0.4, 0.5) is 9.80 Å². The lowest BCUT2D eigenvalue weighted by Gasteiger charge is -2.47. The number of nitriles is 1. The van der Waals surface area contributed by atoms with Crippen molar-refractivity contribution in [2.45, 2.75) is 38.3 Å². The normalized spacial score (nSPS) is 26.2. The highest BCUT2D eigenvalue weighted by atomic mass is 32.1. The lowest BCUT2D eigenvalue weighted by molar-refractivity contribution is 0.0696. The first kappa shape index (κ1) is 17.1. The number of fused-ring (bicyclic) bond motifs is 2. The van der Waals surface area contributed by atoms with E-state index < -0.39 is 0 Å². The van der Waals surface area contributed by atoms with Gasteiger partial charge >= 0.3 is 6.03 Å². The quantitative estimate of drug-likeness (QED) is 0.852. The van der Waals surface area contributed by atoms with Crippen LogP contribution in [-0.4, -0.2) is 55.1 Å². The van der Waals surface area contributed by atoms with Crippen LogP contribution < -0.4 is 11.1 Å². The van der Waals surface area contributed by atoms with E-state index in [0.717, 1.165) is 37.9 Å². The molecule has 1 fully saturated rings. The Kier molecular flexibility index (Phi) is 4.70. The summed E-state index contributed by atoms with van der Waals surface area (Å²) in [5.41, 5.74) is 7.86. The molecule has 3 atom stereocenters. The standard InChI is InChI=1S/C17H25N5OS/c1-4-22-9-11(20-17(23)21(2)3)5-10-6-12-13(8-18)16(19)24-15(12)7-14(10)22/h10-11,14H,4-7,9,19H2,1-3H3,(H,20,23). The molecule has 0 saturated carbocycles. The summed E-state index contributed by atoms with van der Waals surface area (Å²) in [5.74, 6) is 0.458. The molecule has 24 heavy (non-hydrogen) atoms. The van der Waals surface area contributed by atoms with E-state index in [0.29, 0.717) is 22.5 Å². The number of nitrogens with two attached hydrogens (primary N) is 1. The maximum atomic E-state index is 12.0. The van der Waals surface area contributed by atoms with Crippen LogP contribution in [-0.2, 0) is 12.8 Å². The number of hydrogen-bond acceptors (Lipinski definition) is 5. The van der Waals surface area contributed by atoms with Gasteiger partial charge in [0, 0.05) is 37.6 Å². The lowest BCUT2D eigenvalue weighted by atomic mass is 9.76. The van der Waals surface area contributed by atoms with Crippen molar-refractivity contribution in [3.05, 3.63) is 16.0 Å². The fraction of sp³-hybridized carbons (Fsp3) is 0.647. The van der Waals surface area contributed by atoms with Crippen molar-refractivity contribution in [2.75, 3.05) is 32.9 Å². The molecule has 2 aliphatic rings. The molecule has 3 unspecified atom stereocenters. The lowest BCUT2D eigenvalue weighted by Crippen LogP contribution is -2.58. The maximum Gasteiger partial charge on any atom is 0.317 e. The second kappa shape index (κ2) is 6.61. The molecule has 130 valence electrons. The molecule has 0 bridgehead atoms. The Hall–Kier alpha value is -1.78. The van der Waals surface area contributed by atoms with Crippen molar-refractivity contribution in [3.63, 3.8) is 0 Å². The third-order valence-corrected chi connectivity index (χ3v) is 6.37. The molecule has 1 saturated heterocycles. The molecule has 7 heteroatoms. The van der Waals surface area contributed by atoms with E-state index in [1.807, 2.05) is 0 Å². The number of carbonyl (C=O) groups excluding carboxylic acids is 1. The molecule has 0 aromatic carbocycles. The first-order valence-corrected chi connectivity index (χ1v) is 9.28. The van der Waals surface area contributed by atoms with Crippen LogP contribution in [0.2, 0.25) is 0 Å². The number of nitrogens with one attached hydrogen (secondary N) is 1. The monoisotopic (exact) mass is 347 g/mol. The summed E-state index contributed by atoms with van der Waals surface area (Å²) < 4.78 is 0. The predicted molar refractivity (Wildman–Crippen MR) is 96.0 cm³/mol. The van der Waals surface area contributed by atoms with Crippen molar-refractivity contribution in [3.8, 4) is 6.07 Å². The molecule has 2 heterocycles. The molecular weight excluding hydrogens is 322 g/mol. The minimum Gasteiger partial charge on any atom is -0.389 e. The number of anilines is 1. The minimum absolute atomic E-state index is 0.0384. The van der Waals surface area contributed by atoms with Crippen LogP contribution in [0, 0.1) is 17.2 Å². The fourth-order valence-corrected chi connectivity index (χ4v) is 5.19. The molecule has 3 rings (SSSR count). The van der Waals surface area contributed by atoms with E-state index in [9.17, 15) is 10.1 Å². The van der Waals surface area contributed by atoms with Crippen LogP contribution in [0.3, 0.4) is 0 Å². The molecule has 0 radical (unpaired) electrons. The average molecular weight is 347 g/mol. The van der Waals surface area contributed by atoms with Crippen LogP contribution in [0.5, 0.6) is 0 Å². The van der Waals surface area contributed by atoms with E-state index in [4.69, 9.17) is 5.73 Å². The van der Waals surface area contributed by atoms with E-state index in [2.05, 4.69) is 23.2 Å². The summed E-state index contributed by atoms with van der Waals surface area (Å²) in [6.45, 7) is 4.03. The molecule has 1 aromatic rings. The van der Waals surface area contributed by atoms with Gasteiger partial charge in [0.1, 0.15) is 11.1 Å². The number of rotatable bonds is 2. The van der Waals surface area contributed by atoms with Crippen molar-refractivity contribution < 1.29 is 4.79 Å². The molecule has 1 aliphatic heterocycles. The molecule has 0 spiro atoms. The van der Waals surface area contributed by atoms with Crippen LogP contribution in [0.15, 0.2) is 0 Å². The van der Waals surface area contributed by atoms with Gasteiger partial charge in [0.25, 0.3) is 0 Å². The third kappa shape index (κ3) is 2.96. The molecule has 3 N–H and O–H groups in total. The number of carbonyl (C=O) groups is 1. The fourth-order valence-electron chi connectivity index (χ4n) is 4.09. The zero-order valence-corrected chi connectivity index (χ0v) is 15.3. The second-order valence-electron chi connectivity index (χ2n) is 6.95. The number of hydrogen-bond donors (Lipinski definition) is 2.